The van der Waals surface area contributed by atoms with Crippen LogP contribution < -0.4 is 5.32 Å². The van der Waals surface area contributed by atoms with Crippen molar-refractivity contribution >= 4 is 52.5 Å². The molecule has 0 spiro atoms. The topological polar surface area (TPSA) is 80.1 Å². The second kappa shape index (κ2) is 10.4. The van der Waals surface area contributed by atoms with Gasteiger partial charge in [0.05, 0.1) is 33.7 Å². The van der Waals surface area contributed by atoms with Gasteiger partial charge in [-0.3, -0.25) is 14.2 Å². The van der Waals surface area contributed by atoms with Crippen LogP contribution in [-0.2, 0) is 9.59 Å². The van der Waals surface area contributed by atoms with Crippen molar-refractivity contribution in [3.8, 4) is 5.69 Å². The maximum atomic E-state index is 12.6. The van der Waals surface area contributed by atoms with Crippen LogP contribution in [0.4, 0.5) is 5.69 Å². The van der Waals surface area contributed by atoms with Crippen LogP contribution in [0.5, 0.6) is 0 Å². The van der Waals surface area contributed by atoms with Crippen molar-refractivity contribution in [3.63, 3.8) is 0 Å². The molecule has 3 rings (SSSR count). The second-order valence-corrected chi connectivity index (χ2v) is 9.10. The molecule has 0 unspecified atom stereocenters. The molecule has 0 fully saturated rings. The lowest BCUT2D eigenvalue weighted by Gasteiger charge is -2.17. The molecule has 0 aliphatic carbocycles. The third kappa shape index (κ3) is 5.62. The number of anilines is 1. The largest absolute Gasteiger partial charge is 0.336 e. The number of aryl methyl sites for hydroxylation is 3. The number of thioether (sulfide) groups is 1. The highest BCUT2D eigenvalue weighted by atomic mass is 35.5. The van der Waals surface area contributed by atoms with Gasteiger partial charge in [0.1, 0.15) is 5.82 Å². The summed E-state index contributed by atoms with van der Waals surface area (Å²) in [6, 6.07) is 11.1. The summed E-state index contributed by atoms with van der Waals surface area (Å²) in [6.45, 7) is 5.78. The van der Waals surface area contributed by atoms with Crippen LogP contribution in [0.2, 0.25) is 10.0 Å². The molecular formula is C22H23Cl2N5O2S. The van der Waals surface area contributed by atoms with E-state index in [-0.39, 0.29) is 18.2 Å². The number of halogens is 2. The Morgan fingerprint density at radius 1 is 1.09 bits per heavy atom. The predicted octanol–water partition coefficient (Wildman–Crippen LogP) is 4.69. The van der Waals surface area contributed by atoms with Crippen LogP contribution in [0, 0.1) is 20.8 Å². The molecule has 0 radical (unpaired) electrons. The molecular weight excluding hydrogens is 469 g/mol. The summed E-state index contributed by atoms with van der Waals surface area (Å²) in [4.78, 5) is 26.3. The Bertz CT molecular complexity index is 1140. The lowest BCUT2D eigenvalue weighted by molar-refractivity contribution is -0.131. The first kappa shape index (κ1) is 24.1. The van der Waals surface area contributed by atoms with E-state index in [4.69, 9.17) is 23.2 Å². The lowest BCUT2D eigenvalue weighted by Crippen LogP contribution is -2.36. The van der Waals surface area contributed by atoms with Crippen molar-refractivity contribution in [2.75, 3.05) is 24.7 Å². The van der Waals surface area contributed by atoms with Gasteiger partial charge in [0.2, 0.25) is 11.8 Å². The Kier molecular flexibility index (Phi) is 7.82. The number of aromatic nitrogens is 3. The van der Waals surface area contributed by atoms with Gasteiger partial charge in [0.25, 0.3) is 0 Å². The smallest absolute Gasteiger partial charge is 0.244 e. The Morgan fingerprint density at radius 2 is 1.78 bits per heavy atom. The molecule has 7 nitrogen and oxygen atoms in total. The minimum Gasteiger partial charge on any atom is -0.336 e. The van der Waals surface area contributed by atoms with Crippen molar-refractivity contribution in [1.82, 2.24) is 19.7 Å². The maximum absolute atomic E-state index is 12.6. The van der Waals surface area contributed by atoms with Crippen molar-refractivity contribution in [3.05, 3.63) is 63.4 Å². The van der Waals surface area contributed by atoms with Crippen LogP contribution in [0.1, 0.15) is 17.0 Å². The number of carbonyl (C=O) groups is 2. The summed E-state index contributed by atoms with van der Waals surface area (Å²) in [5.74, 6) is 0.233. The Labute approximate surface area is 201 Å². The second-order valence-electron chi connectivity index (χ2n) is 7.34. The summed E-state index contributed by atoms with van der Waals surface area (Å²) in [7, 11) is 1.57. The molecule has 10 heteroatoms. The Morgan fingerprint density at radius 3 is 2.47 bits per heavy atom. The average Bonchev–Trinajstić information content (AvgIpc) is 3.11. The zero-order valence-corrected chi connectivity index (χ0v) is 20.5. The third-order valence-corrected chi connectivity index (χ3v) is 6.30. The summed E-state index contributed by atoms with van der Waals surface area (Å²) in [6.07, 6.45) is 0. The normalized spacial score (nSPS) is 10.8. The van der Waals surface area contributed by atoms with Crippen molar-refractivity contribution in [2.24, 2.45) is 0 Å². The molecule has 2 amide bonds. The van der Waals surface area contributed by atoms with E-state index in [1.165, 1.54) is 16.7 Å². The third-order valence-electron chi connectivity index (χ3n) is 4.76. The van der Waals surface area contributed by atoms with E-state index in [1.807, 2.05) is 37.5 Å². The number of benzene rings is 2. The van der Waals surface area contributed by atoms with E-state index in [2.05, 4.69) is 21.6 Å². The zero-order valence-electron chi connectivity index (χ0n) is 18.1. The van der Waals surface area contributed by atoms with Crippen LogP contribution in [0.25, 0.3) is 5.69 Å². The predicted molar refractivity (Wildman–Crippen MR) is 129 cm³/mol. The highest BCUT2D eigenvalue weighted by Crippen LogP contribution is 2.30. The van der Waals surface area contributed by atoms with Gasteiger partial charge in [-0.15, -0.1) is 10.2 Å². The number of hydrogen-bond acceptors (Lipinski definition) is 5. The molecule has 3 aromatic rings. The van der Waals surface area contributed by atoms with E-state index in [0.717, 1.165) is 22.6 Å². The minimum atomic E-state index is -0.393. The molecule has 0 aliphatic rings. The van der Waals surface area contributed by atoms with Gasteiger partial charge in [0.15, 0.2) is 5.16 Å². The number of amides is 2. The first-order chi connectivity index (χ1) is 15.2. The SMILES string of the molecule is Cc1ccc(C)c(-n2c(C)nnc2SCC(=O)N(C)CC(=O)Nc2c(Cl)cccc2Cl)c1. The minimum absolute atomic E-state index is 0.111. The molecule has 0 saturated heterocycles. The van der Waals surface area contributed by atoms with Crippen LogP contribution >= 0.6 is 35.0 Å². The standard InChI is InChI=1S/C22H23Cl2N5O2S/c1-13-8-9-14(2)18(10-13)29-15(3)26-27-22(29)32-12-20(31)28(4)11-19(30)25-21-16(23)6-5-7-17(21)24/h5-10H,11-12H2,1-4H3,(H,25,30). The summed E-state index contributed by atoms with van der Waals surface area (Å²) in [5.41, 5.74) is 3.51. The van der Waals surface area contributed by atoms with Gasteiger partial charge in [-0.1, -0.05) is 53.2 Å². The fraction of sp³-hybridized carbons (Fsp3) is 0.273. The summed E-state index contributed by atoms with van der Waals surface area (Å²) >= 11 is 13.4. The van der Waals surface area contributed by atoms with Gasteiger partial charge >= 0.3 is 0 Å². The number of nitrogens with one attached hydrogen (secondary N) is 1. The number of rotatable bonds is 7. The van der Waals surface area contributed by atoms with Gasteiger partial charge in [-0.05, 0) is 50.1 Å². The zero-order chi connectivity index (χ0) is 23.4. The highest BCUT2D eigenvalue weighted by molar-refractivity contribution is 7.99. The first-order valence-electron chi connectivity index (χ1n) is 9.77. The number of nitrogens with zero attached hydrogens (tertiary/aromatic N) is 4. The molecule has 0 bridgehead atoms. The first-order valence-corrected chi connectivity index (χ1v) is 11.5. The molecule has 0 aliphatic heterocycles. The van der Waals surface area contributed by atoms with Crippen LogP contribution in [0.3, 0.4) is 0 Å². The van der Waals surface area contributed by atoms with Crippen molar-refractivity contribution < 1.29 is 9.59 Å². The molecule has 1 N–H and O–H groups in total. The summed E-state index contributed by atoms with van der Waals surface area (Å²) < 4.78 is 1.94. The van der Waals surface area contributed by atoms with Gasteiger partial charge in [-0.2, -0.15) is 0 Å². The van der Waals surface area contributed by atoms with Crippen molar-refractivity contribution in [1.29, 1.82) is 0 Å². The maximum Gasteiger partial charge on any atom is 0.244 e. The quantitative estimate of drug-likeness (QED) is 0.484. The Balaban J connectivity index is 1.64. The number of para-hydroxylation sites is 1. The molecule has 2 aromatic carbocycles. The van der Waals surface area contributed by atoms with Crippen LogP contribution in [0.15, 0.2) is 41.6 Å². The number of likely N-dealkylation sites (N-methyl/N-ethyl adjacent to an activating group) is 1. The van der Waals surface area contributed by atoms with E-state index in [1.54, 1.807) is 25.2 Å². The van der Waals surface area contributed by atoms with Gasteiger partial charge in [0, 0.05) is 7.05 Å². The fourth-order valence-corrected chi connectivity index (χ4v) is 4.43. The van der Waals surface area contributed by atoms with E-state index in [0.29, 0.717) is 20.9 Å². The van der Waals surface area contributed by atoms with Crippen molar-refractivity contribution in [2.45, 2.75) is 25.9 Å². The van der Waals surface area contributed by atoms with Crippen LogP contribution in [-0.4, -0.2) is 50.8 Å². The number of carbonyl (C=O) groups excluding carboxylic acids is 2. The van der Waals surface area contributed by atoms with E-state index >= 15 is 0 Å². The monoisotopic (exact) mass is 491 g/mol. The molecule has 1 aromatic heterocycles. The summed E-state index contributed by atoms with van der Waals surface area (Å²) in [5, 5.41) is 12.3. The van der Waals surface area contributed by atoms with Gasteiger partial charge in [-0.25, -0.2) is 0 Å². The fourth-order valence-electron chi connectivity index (χ4n) is 3.01. The Hall–Kier alpha value is -2.55. The number of hydrogen-bond donors (Lipinski definition) is 1. The molecule has 1 heterocycles. The molecule has 168 valence electrons. The molecule has 0 atom stereocenters. The van der Waals surface area contributed by atoms with E-state index in [9.17, 15) is 9.59 Å². The highest BCUT2D eigenvalue weighted by Gasteiger charge is 2.19. The molecule has 32 heavy (non-hydrogen) atoms. The van der Waals surface area contributed by atoms with E-state index < -0.39 is 5.91 Å². The average molecular weight is 492 g/mol. The lowest BCUT2D eigenvalue weighted by atomic mass is 10.1. The molecule has 0 saturated carbocycles. The van der Waals surface area contributed by atoms with Gasteiger partial charge < -0.3 is 10.2 Å².